The number of imidazole rings is 1. The standard InChI is InChI=1S/C21H23FN4O3S2/c1-3-25(4-2)31(28,29)19-10-6-8-17(14-19)24-20(27)15-30-21-23-11-12-26(21)18-9-5-7-16(22)13-18/h5-14H,3-4,15H2,1-2H3,(H,24,27). The fourth-order valence-electron chi connectivity index (χ4n) is 2.99. The Labute approximate surface area is 185 Å². The number of benzene rings is 2. The lowest BCUT2D eigenvalue weighted by Crippen LogP contribution is -2.30. The maximum Gasteiger partial charge on any atom is 0.243 e. The molecule has 1 amide bonds. The molecule has 0 fully saturated rings. The van der Waals surface area contributed by atoms with Gasteiger partial charge in [0.05, 0.1) is 16.3 Å². The van der Waals surface area contributed by atoms with Crippen molar-refractivity contribution < 1.29 is 17.6 Å². The molecule has 0 aliphatic carbocycles. The van der Waals surface area contributed by atoms with Gasteiger partial charge in [0.2, 0.25) is 15.9 Å². The maximum atomic E-state index is 13.5. The summed E-state index contributed by atoms with van der Waals surface area (Å²) in [6.07, 6.45) is 3.27. The van der Waals surface area contributed by atoms with Gasteiger partial charge in [-0.25, -0.2) is 17.8 Å². The topological polar surface area (TPSA) is 84.3 Å². The Hall–Kier alpha value is -2.69. The zero-order valence-corrected chi connectivity index (χ0v) is 18.8. The van der Waals surface area contributed by atoms with Crippen molar-refractivity contribution in [2.24, 2.45) is 0 Å². The predicted molar refractivity (Wildman–Crippen MR) is 119 cm³/mol. The monoisotopic (exact) mass is 462 g/mol. The SMILES string of the molecule is CCN(CC)S(=O)(=O)c1cccc(NC(=O)CSc2nccn2-c2cccc(F)c2)c1. The van der Waals surface area contributed by atoms with E-state index in [2.05, 4.69) is 10.3 Å². The average Bonchev–Trinajstić information content (AvgIpc) is 3.22. The normalized spacial score (nSPS) is 11.6. The second-order valence-corrected chi connectivity index (χ2v) is 9.39. The summed E-state index contributed by atoms with van der Waals surface area (Å²) in [7, 11) is -3.61. The zero-order chi connectivity index (χ0) is 22.4. The van der Waals surface area contributed by atoms with E-state index in [1.165, 1.54) is 40.3 Å². The molecule has 0 aliphatic rings. The smallest absolute Gasteiger partial charge is 0.243 e. The number of carbonyl (C=O) groups excluding carboxylic acids is 1. The van der Waals surface area contributed by atoms with Crippen LogP contribution >= 0.6 is 11.8 Å². The number of hydrogen-bond acceptors (Lipinski definition) is 5. The summed E-state index contributed by atoms with van der Waals surface area (Å²) in [6, 6.07) is 12.3. The maximum absolute atomic E-state index is 13.5. The van der Waals surface area contributed by atoms with Gasteiger partial charge in [0.1, 0.15) is 5.82 Å². The average molecular weight is 463 g/mol. The van der Waals surface area contributed by atoms with Crippen molar-refractivity contribution in [1.29, 1.82) is 0 Å². The minimum Gasteiger partial charge on any atom is -0.325 e. The molecule has 10 heteroatoms. The largest absolute Gasteiger partial charge is 0.325 e. The molecule has 3 rings (SSSR count). The lowest BCUT2D eigenvalue weighted by molar-refractivity contribution is -0.113. The first-order chi connectivity index (χ1) is 14.8. The van der Waals surface area contributed by atoms with Crippen molar-refractivity contribution in [3.63, 3.8) is 0 Å². The number of anilines is 1. The highest BCUT2D eigenvalue weighted by Crippen LogP contribution is 2.22. The summed E-state index contributed by atoms with van der Waals surface area (Å²) in [5.41, 5.74) is 1.00. The quantitative estimate of drug-likeness (QED) is 0.490. The first kappa shape index (κ1) is 23.0. The molecule has 31 heavy (non-hydrogen) atoms. The number of sulfonamides is 1. The summed E-state index contributed by atoms with van der Waals surface area (Å²) in [5, 5.41) is 3.26. The highest BCUT2D eigenvalue weighted by molar-refractivity contribution is 7.99. The van der Waals surface area contributed by atoms with E-state index in [9.17, 15) is 17.6 Å². The van der Waals surface area contributed by atoms with Gasteiger partial charge in [-0.05, 0) is 36.4 Å². The summed E-state index contributed by atoms with van der Waals surface area (Å²) < 4.78 is 41.9. The molecule has 3 aromatic rings. The number of halogens is 1. The molecule has 1 N–H and O–H groups in total. The number of carbonyl (C=O) groups is 1. The molecule has 0 saturated carbocycles. The lowest BCUT2D eigenvalue weighted by atomic mass is 10.3. The second kappa shape index (κ2) is 10.1. The third-order valence-corrected chi connectivity index (χ3v) is 7.50. The first-order valence-corrected chi connectivity index (χ1v) is 12.1. The van der Waals surface area contributed by atoms with Crippen LogP contribution in [-0.4, -0.2) is 47.0 Å². The van der Waals surface area contributed by atoms with Crippen LogP contribution in [0.3, 0.4) is 0 Å². The number of rotatable bonds is 9. The van der Waals surface area contributed by atoms with E-state index in [1.807, 2.05) is 0 Å². The number of nitrogens with one attached hydrogen (secondary N) is 1. The molecule has 1 heterocycles. The van der Waals surface area contributed by atoms with Gasteiger partial charge in [0.15, 0.2) is 5.16 Å². The third kappa shape index (κ3) is 5.52. The summed E-state index contributed by atoms with van der Waals surface area (Å²) >= 11 is 1.19. The zero-order valence-electron chi connectivity index (χ0n) is 17.2. The van der Waals surface area contributed by atoms with Crippen LogP contribution in [0.15, 0.2) is 71.0 Å². The Balaban J connectivity index is 1.67. The molecule has 7 nitrogen and oxygen atoms in total. The summed E-state index contributed by atoms with van der Waals surface area (Å²) in [6.45, 7) is 4.28. The predicted octanol–water partition coefficient (Wildman–Crippen LogP) is 3.77. The van der Waals surface area contributed by atoms with Crippen molar-refractivity contribution in [2.75, 3.05) is 24.2 Å². The number of nitrogens with zero attached hydrogens (tertiary/aromatic N) is 3. The number of aromatic nitrogens is 2. The lowest BCUT2D eigenvalue weighted by Gasteiger charge is -2.18. The molecule has 2 aromatic carbocycles. The Bertz CT molecular complexity index is 1160. The van der Waals surface area contributed by atoms with E-state index in [0.717, 1.165) is 0 Å². The van der Waals surface area contributed by atoms with Crippen LogP contribution in [0.1, 0.15) is 13.8 Å². The van der Waals surface area contributed by atoms with Gasteiger partial charge in [-0.3, -0.25) is 9.36 Å². The van der Waals surface area contributed by atoms with Crippen LogP contribution < -0.4 is 5.32 Å². The molecule has 164 valence electrons. The van der Waals surface area contributed by atoms with E-state index >= 15 is 0 Å². The fourth-order valence-corrected chi connectivity index (χ4v) is 5.27. The molecule has 0 unspecified atom stereocenters. The number of thioether (sulfide) groups is 1. The second-order valence-electron chi connectivity index (χ2n) is 6.51. The van der Waals surface area contributed by atoms with E-state index < -0.39 is 10.0 Å². The molecule has 0 bridgehead atoms. The van der Waals surface area contributed by atoms with Crippen molar-refractivity contribution in [3.05, 3.63) is 66.7 Å². The number of amides is 1. The minimum absolute atomic E-state index is 0.0549. The molecule has 0 spiro atoms. The van der Waals surface area contributed by atoms with Gasteiger partial charge in [-0.15, -0.1) is 0 Å². The van der Waals surface area contributed by atoms with Crippen LogP contribution in [0.2, 0.25) is 0 Å². The Morgan fingerprint density at radius 2 is 1.90 bits per heavy atom. The van der Waals surface area contributed by atoms with Crippen LogP contribution in [0.5, 0.6) is 0 Å². The van der Waals surface area contributed by atoms with E-state index in [1.54, 1.807) is 55.1 Å². The third-order valence-electron chi connectivity index (χ3n) is 4.49. The van der Waals surface area contributed by atoms with E-state index in [0.29, 0.717) is 29.6 Å². The van der Waals surface area contributed by atoms with Gasteiger partial charge < -0.3 is 5.32 Å². The Morgan fingerprint density at radius 3 is 2.61 bits per heavy atom. The summed E-state index contributed by atoms with van der Waals surface area (Å²) in [5.74, 6) is -0.616. The Kier molecular flexibility index (Phi) is 7.47. The minimum atomic E-state index is -3.61. The summed E-state index contributed by atoms with van der Waals surface area (Å²) in [4.78, 5) is 16.8. The van der Waals surface area contributed by atoms with Crippen LogP contribution in [0, 0.1) is 5.82 Å². The van der Waals surface area contributed by atoms with Gasteiger partial charge in [-0.2, -0.15) is 4.31 Å². The van der Waals surface area contributed by atoms with Crippen molar-refractivity contribution in [2.45, 2.75) is 23.9 Å². The van der Waals surface area contributed by atoms with Gasteiger partial charge >= 0.3 is 0 Å². The van der Waals surface area contributed by atoms with Crippen molar-refractivity contribution >= 4 is 33.4 Å². The molecule has 0 saturated heterocycles. The van der Waals surface area contributed by atoms with Crippen molar-refractivity contribution in [3.8, 4) is 5.69 Å². The highest BCUT2D eigenvalue weighted by atomic mass is 32.2. The van der Waals surface area contributed by atoms with Crippen LogP contribution in [0.4, 0.5) is 10.1 Å². The number of hydrogen-bond donors (Lipinski definition) is 1. The Morgan fingerprint density at radius 1 is 1.16 bits per heavy atom. The van der Waals surface area contributed by atoms with E-state index in [4.69, 9.17) is 0 Å². The molecular weight excluding hydrogens is 439 g/mol. The van der Waals surface area contributed by atoms with Gasteiger partial charge in [-0.1, -0.05) is 37.7 Å². The van der Waals surface area contributed by atoms with Crippen molar-refractivity contribution in [1.82, 2.24) is 13.9 Å². The van der Waals surface area contributed by atoms with Gasteiger partial charge in [0.25, 0.3) is 0 Å². The van der Waals surface area contributed by atoms with Crippen LogP contribution in [-0.2, 0) is 14.8 Å². The first-order valence-electron chi connectivity index (χ1n) is 9.67. The fraction of sp³-hybridized carbons (Fsp3) is 0.238. The van der Waals surface area contributed by atoms with Gasteiger partial charge in [0, 0.05) is 31.2 Å². The molecule has 0 radical (unpaired) electrons. The van der Waals surface area contributed by atoms with Crippen LogP contribution in [0.25, 0.3) is 5.69 Å². The van der Waals surface area contributed by atoms with E-state index in [-0.39, 0.29) is 22.4 Å². The molecule has 0 atom stereocenters. The molecular formula is C21H23FN4O3S2. The highest BCUT2D eigenvalue weighted by Gasteiger charge is 2.22. The molecule has 1 aromatic heterocycles. The molecule has 0 aliphatic heterocycles.